The number of fused-ring (bicyclic) bond motifs is 6. The molecule has 4 aromatic carbocycles. The van der Waals surface area contributed by atoms with Crippen molar-refractivity contribution in [2.24, 2.45) is 11.8 Å². The van der Waals surface area contributed by atoms with E-state index in [4.69, 9.17) is 0 Å². The molecule has 0 saturated heterocycles. The maximum Gasteiger partial charge on any atom is 0.150 e. The molecule has 0 aliphatic carbocycles. The van der Waals surface area contributed by atoms with Crippen LogP contribution in [0.3, 0.4) is 0 Å². The third kappa shape index (κ3) is 6.02. The first-order valence-electron chi connectivity index (χ1n) is 17.6. The van der Waals surface area contributed by atoms with Gasteiger partial charge in [0.15, 0.2) is 0 Å². The molecule has 2 aromatic heterocycles. The summed E-state index contributed by atoms with van der Waals surface area (Å²) in [6, 6.07) is 25.9. The summed E-state index contributed by atoms with van der Waals surface area (Å²) in [5, 5.41) is 4.65. The van der Waals surface area contributed by atoms with Crippen LogP contribution in [-0.2, 0) is 13.1 Å². The molecule has 0 saturated carbocycles. The summed E-state index contributed by atoms with van der Waals surface area (Å²) in [5.41, 5.74) is 8.57. The average molecular weight is 613 g/mol. The van der Waals surface area contributed by atoms with E-state index >= 15 is 0 Å². The van der Waals surface area contributed by atoms with Crippen LogP contribution in [0.2, 0.25) is 0 Å². The molecule has 6 aromatic rings. The van der Waals surface area contributed by atoms with Crippen LogP contribution in [0, 0.1) is 11.8 Å². The minimum atomic E-state index is 0.620. The second-order valence-electron chi connectivity index (χ2n) is 13.3. The fraction of sp³-hybridized carbons (Fsp3) is 0.381. The minimum Gasteiger partial charge on any atom is -0.340 e. The fourth-order valence-corrected chi connectivity index (χ4v) is 7.49. The molecule has 4 nitrogen and oxygen atoms in total. The van der Waals surface area contributed by atoms with Gasteiger partial charge in [0.05, 0.1) is 0 Å². The van der Waals surface area contributed by atoms with Gasteiger partial charge in [-0.1, -0.05) is 78.4 Å². The topological polar surface area (TPSA) is 44.0 Å². The van der Waals surface area contributed by atoms with E-state index in [1.807, 2.05) is 12.1 Å². The second-order valence-corrected chi connectivity index (χ2v) is 13.3. The van der Waals surface area contributed by atoms with Gasteiger partial charge in [-0.25, -0.2) is 0 Å². The van der Waals surface area contributed by atoms with E-state index in [1.165, 1.54) is 71.4 Å². The summed E-state index contributed by atoms with van der Waals surface area (Å²) in [6.07, 6.45) is 11.6. The van der Waals surface area contributed by atoms with Crippen LogP contribution in [0.4, 0.5) is 0 Å². The summed E-state index contributed by atoms with van der Waals surface area (Å²) in [7, 11) is 0. The first-order valence-corrected chi connectivity index (χ1v) is 17.6. The average Bonchev–Trinajstić information content (AvgIpc) is 3.58. The van der Waals surface area contributed by atoms with E-state index in [-0.39, 0.29) is 0 Å². The van der Waals surface area contributed by atoms with Crippen LogP contribution in [0.15, 0.2) is 72.8 Å². The van der Waals surface area contributed by atoms with Gasteiger partial charge in [0, 0.05) is 67.8 Å². The number of hydrogen-bond acceptors (Lipinski definition) is 2. The Hall–Kier alpha value is -4.18. The van der Waals surface area contributed by atoms with E-state index in [2.05, 4.69) is 97.5 Å². The highest BCUT2D eigenvalue weighted by Crippen LogP contribution is 2.38. The number of nitrogens with zero attached hydrogens (tertiary/aromatic N) is 2. The summed E-state index contributed by atoms with van der Waals surface area (Å²) in [5.74, 6) is 1.24. The SMILES string of the molecule is CCCCC(CC)Cn1c2ccc(C=O)cc2c2cc(-c3ccc4c(c3)c3cc(C=O)ccc3n4CC(CC)CCCC)ccc21. The number of unbranched alkanes of at least 4 members (excludes halogenated alkanes) is 2. The highest BCUT2D eigenvalue weighted by Gasteiger charge is 2.18. The summed E-state index contributed by atoms with van der Waals surface area (Å²) < 4.78 is 4.96. The van der Waals surface area contributed by atoms with E-state index < -0.39 is 0 Å². The van der Waals surface area contributed by atoms with Crippen molar-refractivity contribution < 1.29 is 9.59 Å². The predicted molar refractivity (Wildman–Crippen MR) is 195 cm³/mol. The monoisotopic (exact) mass is 612 g/mol. The Morgan fingerprint density at radius 1 is 0.522 bits per heavy atom. The van der Waals surface area contributed by atoms with Crippen molar-refractivity contribution in [3.05, 3.63) is 83.9 Å². The number of rotatable bonds is 15. The van der Waals surface area contributed by atoms with Gasteiger partial charge in [-0.15, -0.1) is 0 Å². The van der Waals surface area contributed by atoms with Crippen molar-refractivity contribution in [1.29, 1.82) is 0 Å². The van der Waals surface area contributed by atoms with Crippen LogP contribution in [0.25, 0.3) is 54.7 Å². The molecule has 2 atom stereocenters. The van der Waals surface area contributed by atoms with Crippen LogP contribution < -0.4 is 0 Å². The molecule has 0 fully saturated rings. The first-order chi connectivity index (χ1) is 22.5. The molecular formula is C42H48N2O2. The Kier molecular flexibility index (Phi) is 9.72. The third-order valence-electron chi connectivity index (χ3n) is 10.4. The molecule has 0 aliphatic rings. The van der Waals surface area contributed by atoms with Crippen LogP contribution in [0.1, 0.15) is 99.8 Å². The maximum atomic E-state index is 11.8. The highest BCUT2D eigenvalue weighted by atomic mass is 16.1. The Labute approximate surface area is 273 Å². The largest absolute Gasteiger partial charge is 0.340 e. The smallest absolute Gasteiger partial charge is 0.150 e. The van der Waals surface area contributed by atoms with Gasteiger partial charge >= 0.3 is 0 Å². The Morgan fingerprint density at radius 3 is 1.24 bits per heavy atom. The first kappa shape index (κ1) is 31.8. The molecule has 0 N–H and O–H groups in total. The summed E-state index contributed by atoms with van der Waals surface area (Å²) in [4.78, 5) is 23.6. The predicted octanol–water partition coefficient (Wildman–Crippen LogP) is 11.6. The van der Waals surface area contributed by atoms with Crippen molar-refractivity contribution in [2.45, 2.75) is 92.2 Å². The van der Waals surface area contributed by atoms with Gasteiger partial charge in [-0.05, 0) is 96.5 Å². The Balaban J connectivity index is 1.49. The lowest BCUT2D eigenvalue weighted by Crippen LogP contribution is -2.10. The zero-order chi connectivity index (χ0) is 32.2. The molecule has 46 heavy (non-hydrogen) atoms. The lowest BCUT2D eigenvalue weighted by molar-refractivity contribution is 0.111. The van der Waals surface area contributed by atoms with Crippen molar-refractivity contribution in [1.82, 2.24) is 9.13 Å². The molecule has 2 heterocycles. The van der Waals surface area contributed by atoms with Crippen molar-refractivity contribution in [3.63, 3.8) is 0 Å². The maximum absolute atomic E-state index is 11.8. The van der Waals surface area contributed by atoms with Gasteiger partial charge < -0.3 is 9.13 Å². The number of benzene rings is 4. The van der Waals surface area contributed by atoms with E-state index in [0.29, 0.717) is 23.0 Å². The molecule has 2 unspecified atom stereocenters. The standard InChI is InChI=1S/C42H48N2O2/c1-5-9-11-29(7-3)25-43-39-17-13-31(27-45)21-35(39)37-23-33(15-19-41(37)43)34-16-20-42-38(24-34)36-22-32(28-46)14-18-40(36)44(42)26-30(8-4)12-10-6-2/h13-24,27-30H,5-12,25-26H2,1-4H3. The lowest BCUT2D eigenvalue weighted by atomic mass is 9.99. The van der Waals surface area contributed by atoms with Crippen LogP contribution in [0.5, 0.6) is 0 Å². The molecular weight excluding hydrogens is 564 g/mol. The van der Waals surface area contributed by atoms with Crippen LogP contribution >= 0.6 is 0 Å². The molecule has 0 amide bonds. The van der Waals surface area contributed by atoms with Crippen molar-refractivity contribution >= 4 is 56.2 Å². The number of aromatic nitrogens is 2. The molecule has 0 radical (unpaired) electrons. The van der Waals surface area contributed by atoms with E-state index in [0.717, 1.165) is 60.4 Å². The zero-order valence-electron chi connectivity index (χ0n) is 28.0. The third-order valence-corrected chi connectivity index (χ3v) is 10.4. The number of hydrogen-bond donors (Lipinski definition) is 0. The molecule has 0 aliphatic heterocycles. The number of carbonyl (C=O) groups is 2. The van der Waals surface area contributed by atoms with Crippen LogP contribution in [-0.4, -0.2) is 21.7 Å². The second kappa shape index (κ2) is 14.1. The van der Waals surface area contributed by atoms with Crippen molar-refractivity contribution in [2.75, 3.05) is 0 Å². The van der Waals surface area contributed by atoms with Gasteiger partial charge in [-0.2, -0.15) is 0 Å². The van der Waals surface area contributed by atoms with Gasteiger partial charge in [-0.3, -0.25) is 9.59 Å². The van der Waals surface area contributed by atoms with Gasteiger partial charge in [0.2, 0.25) is 0 Å². The summed E-state index contributed by atoms with van der Waals surface area (Å²) >= 11 is 0. The lowest BCUT2D eigenvalue weighted by Gasteiger charge is -2.17. The van der Waals surface area contributed by atoms with E-state index in [1.54, 1.807) is 0 Å². The Morgan fingerprint density at radius 2 is 0.891 bits per heavy atom. The zero-order valence-corrected chi connectivity index (χ0v) is 28.0. The molecule has 0 spiro atoms. The number of aldehydes is 2. The van der Waals surface area contributed by atoms with Gasteiger partial charge in [0.1, 0.15) is 12.6 Å². The highest BCUT2D eigenvalue weighted by molar-refractivity contribution is 6.12. The number of carbonyl (C=O) groups excluding carboxylic acids is 2. The van der Waals surface area contributed by atoms with E-state index in [9.17, 15) is 9.59 Å². The molecule has 4 heteroatoms. The summed E-state index contributed by atoms with van der Waals surface area (Å²) in [6.45, 7) is 11.1. The van der Waals surface area contributed by atoms with Crippen molar-refractivity contribution in [3.8, 4) is 11.1 Å². The molecule has 0 bridgehead atoms. The van der Waals surface area contributed by atoms with Gasteiger partial charge in [0.25, 0.3) is 0 Å². The quantitative estimate of drug-likeness (QED) is 0.108. The molecule has 238 valence electrons. The molecule has 6 rings (SSSR count). The Bertz CT molecular complexity index is 1860. The minimum absolute atomic E-state index is 0.620. The normalized spacial score (nSPS) is 13.2. The fourth-order valence-electron chi connectivity index (χ4n) is 7.49.